The molecule has 3 aromatic carbocycles. The van der Waals surface area contributed by atoms with Gasteiger partial charge in [-0.1, -0.05) is 0 Å². The Kier molecular flexibility index (Phi) is 11.6. The fraction of sp³-hybridized carbons (Fsp3) is 0.467. The van der Waals surface area contributed by atoms with Gasteiger partial charge < -0.3 is 34.5 Å². The molecule has 2 aliphatic heterocycles. The third-order valence-electron chi connectivity index (χ3n) is 13.7. The number of piperidine rings is 1. The maximum absolute atomic E-state index is 15.7. The van der Waals surface area contributed by atoms with Crippen LogP contribution in [0.5, 0.6) is 11.5 Å². The zero-order valence-corrected chi connectivity index (χ0v) is 36.4. The fourth-order valence-electron chi connectivity index (χ4n) is 10.2. The van der Waals surface area contributed by atoms with Gasteiger partial charge in [-0.05, 0) is 100 Å². The van der Waals surface area contributed by atoms with Gasteiger partial charge in [-0.3, -0.25) is 14.6 Å². The van der Waals surface area contributed by atoms with Crippen molar-refractivity contribution in [3.05, 3.63) is 71.6 Å². The number of aliphatic hydroxyl groups is 1. The number of nitriles is 1. The zero-order valence-electron chi connectivity index (χ0n) is 35.6. The molecule has 2 saturated heterocycles. The lowest BCUT2D eigenvalue weighted by Crippen LogP contribution is -2.67. The minimum atomic E-state index is -0.659. The number of benzene rings is 3. The molecule has 4 fully saturated rings. The predicted octanol–water partition coefficient (Wildman–Crippen LogP) is 6.72. The molecule has 330 valence electrons. The molecule has 0 unspecified atom stereocenters. The van der Waals surface area contributed by atoms with Gasteiger partial charge in [-0.2, -0.15) is 10.4 Å². The number of fused-ring (bicyclic) bond motifs is 2. The third kappa shape index (κ3) is 8.11. The molecule has 2 aliphatic carbocycles. The Morgan fingerprint density at radius 1 is 1.06 bits per heavy atom. The molecule has 18 heteroatoms. The topological polar surface area (TPSA) is 168 Å². The van der Waals surface area contributed by atoms with Crippen LogP contribution in [0.4, 0.5) is 30.8 Å². The molecule has 0 bridgehead atoms. The first-order valence-corrected chi connectivity index (χ1v) is 22.2. The summed E-state index contributed by atoms with van der Waals surface area (Å²) in [6.07, 6.45) is 9.44. The van der Waals surface area contributed by atoms with Crippen LogP contribution in [-0.2, 0) is 11.8 Å². The second-order valence-corrected chi connectivity index (χ2v) is 18.7. The average molecular weight is 880 g/mol. The number of hydrogen-bond donors (Lipinski definition) is 3. The third-order valence-corrected chi connectivity index (χ3v) is 14.5. The van der Waals surface area contributed by atoms with Crippen LogP contribution in [0.2, 0.25) is 0 Å². The van der Waals surface area contributed by atoms with E-state index in [1.165, 1.54) is 42.3 Å². The number of aldehydes is 1. The number of aromatic nitrogens is 4. The summed E-state index contributed by atoms with van der Waals surface area (Å²) in [6, 6.07) is 13.5. The lowest BCUT2D eigenvalue weighted by atomic mass is 9.55. The van der Waals surface area contributed by atoms with Crippen molar-refractivity contribution >= 4 is 63.6 Å². The number of aliphatic hydroxyl groups excluding tert-OH is 1. The van der Waals surface area contributed by atoms with Crippen LogP contribution in [0.15, 0.2) is 48.7 Å². The number of aryl methyl sites for hydroxylation is 1. The number of anilines is 3. The van der Waals surface area contributed by atoms with Crippen molar-refractivity contribution in [1.29, 1.82) is 5.26 Å². The smallest absolute Gasteiger partial charge is 0.322 e. The standard InChI is InChI=1S/C45H51F2N11O4S/c1-49-43(61)58(11-4-15-59)42-31-18-34(47)40(19-39(31)55(3)52-42)57-26-45(27-57)22-29(23-45)56-12-9-44(10-13-56)20-28(21-44)38-25-50-36-7-5-30(17-37(36)51-38)62-41-32(24-48)35(8-6-33(41)46)53-63-54(2)14-16-60/h5-8,15,17-19,25,28-29,53,60H,4,9-14,16,20-23,26-27H2,1-3H3,(H,49,61). The van der Waals surface area contributed by atoms with Crippen molar-refractivity contribution < 1.29 is 28.2 Å². The summed E-state index contributed by atoms with van der Waals surface area (Å²) in [5.74, 6) is -0.193. The summed E-state index contributed by atoms with van der Waals surface area (Å²) in [7, 11) is 5.08. The average Bonchev–Trinajstić information content (AvgIpc) is 3.55. The first-order valence-electron chi connectivity index (χ1n) is 21.5. The van der Waals surface area contributed by atoms with Crippen LogP contribution < -0.4 is 24.6 Å². The highest BCUT2D eigenvalue weighted by molar-refractivity contribution is 7.98. The van der Waals surface area contributed by atoms with Gasteiger partial charge in [0.2, 0.25) is 0 Å². The maximum atomic E-state index is 15.7. The second-order valence-electron chi connectivity index (χ2n) is 17.7. The van der Waals surface area contributed by atoms with E-state index in [0.29, 0.717) is 63.3 Å². The predicted molar refractivity (Wildman–Crippen MR) is 238 cm³/mol. The summed E-state index contributed by atoms with van der Waals surface area (Å²) in [6.45, 7) is 4.30. The first-order chi connectivity index (χ1) is 30.4. The molecule has 2 saturated carbocycles. The highest BCUT2D eigenvalue weighted by atomic mass is 32.2. The van der Waals surface area contributed by atoms with Crippen molar-refractivity contribution in [3.63, 3.8) is 0 Å². The number of rotatable bonds is 14. The van der Waals surface area contributed by atoms with Crippen LogP contribution in [0.3, 0.4) is 0 Å². The number of likely N-dealkylation sites (tertiary alicyclic amines) is 1. The summed E-state index contributed by atoms with van der Waals surface area (Å²) in [5.41, 5.74) is 4.50. The molecule has 2 spiro atoms. The Bertz CT molecular complexity index is 2590. The van der Waals surface area contributed by atoms with Gasteiger partial charge in [0.15, 0.2) is 17.4 Å². The van der Waals surface area contributed by atoms with Crippen LogP contribution in [0.25, 0.3) is 21.9 Å². The van der Waals surface area contributed by atoms with Crippen molar-refractivity contribution in [2.45, 2.75) is 56.9 Å². The van der Waals surface area contributed by atoms with E-state index < -0.39 is 11.8 Å². The molecule has 15 nitrogen and oxygen atoms in total. The quantitative estimate of drug-likeness (QED) is 0.0795. The number of ether oxygens (including phenoxy) is 1. The van der Waals surface area contributed by atoms with Gasteiger partial charge in [0.05, 0.1) is 40.2 Å². The van der Waals surface area contributed by atoms with Gasteiger partial charge in [-0.15, -0.1) is 0 Å². The molecular formula is C45H51F2N11O4S. The Morgan fingerprint density at radius 2 is 1.84 bits per heavy atom. The first kappa shape index (κ1) is 42.7. The molecule has 2 aromatic heterocycles. The maximum Gasteiger partial charge on any atom is 0.322 e. The largest absolute Gasteiger partial charge is 0.453 e. The zero-order chi connectivity index (χ0) is 44.0. The monoisotopic (exact) mass is 879 g/mol. The normalized spacial score (nSPS) is 18.3. The second kappa shape index (κ2) is 17.2. The number of nitrogens with zero attached hydrogens (tertiary/aromatic N) is 9. The molecule has 4 heterocycles. The summed E-state index contributed by atoms with van der Waals surface area (Å²) < 4.78 is 43.2. The van der Waals surface area contributed by atoms with Crippen LogP contribution in [0, 0.1) is 33.8 Å². The number of nitrogens with one attached hydrogen (secondary N) is 2. The lowest BCUT2D eigenvalue weighted by Gasteiger charge is -2.63. The number of hydrogen-bond acceptors (Lipinski definition) is 13. The molecular weight excluding hydrogens is 829 g/mol. The number of carbonyl (C=O) groups excluding carboxylic acids is 2. The van der Waals surface area contributed by atoms with E-state index in [1.54, 1.807) is 41.3 Å². The van der Waals surface area contributed by atoms with Crippen LogP contribution >= 0.6 is 12.1 Å². The summed E-state index contributed by atoms with van der Waals surface area (Å²) in [5, 5.41) is 26.8. The SMILES string of the molecule is CNC(=O)N(CCC=O)c1nn(C)c2cc(N3CC4(CC(N5CCC6(CC5)CC(c5cnc7ccc(Oc8c(F)ccc(NSN(C)CCO)c8C#N)cc7n5)C6)C4)C3)c(F)cc12. The summed E-state index contributed by atoms with van der Waals surface area (Å²) >= 11 is 1.18. The number of urea groups is 1. The minimum Gasteiger partial charge on any atom is -0.453 e. The van der Waals surface area contributed by atoms with Crippen molar-refractivity contribution in [2.24, 2.45) is 17.9 Å². The van der Waals surface area contributed by atoms with E-state index in [-0.39, 0.29) is 42.1 Å². The molecule has 2 amide bonds. The molecule has 3 N–H and O–H groups in total. The summed E-state index contributed by atoms with van der Waals surface area (Å²) in [4.78, 5) is 39.5. The Balaban J connectivity index is 0.777. The molecule has 5 aromatic rings. The lowest BCUT2D eigenvalue weighted by molar-refractivity contribution is -0.107. The number of amides is 2. The van der Waals surface area contributed by atoms with Crippen LogP contribution in [0.1, 0.15) is 62.1 Å². The van der Waals surface area contributed by atoms with E-state index in [0.717, 1.165) is 82.2 Å². The Hall–Kier alpha value is -5.61. The van der Waals surface area contributed by atoms with Crippen molar-refractivity contribution in [3.8, 4) is 17.6 Å². The number of halogens is 2. The van der Waals surface area contributed by atoms with Gasteiger partial charge in [0, 0.05) is 93.9 Å². The van der Waals surface area contributed by atoms with Crippen molar-refractivity contribution in [1.82, 2.24) is 34.3 Å². The van der Waals surface area contributed by atoms with Gasteiger partial charge in [0.25, 0.3) is 0 Å². The van der Waals surface area contributed by atoms with E-state index in [9.17, 15) is 20.0 Å². The number of likely N-dealkylation sites (N-methyl/N-ethyl adjacent to an activating group) is 1. The highest BCUT2D eigenvalue weighted by Crippen LogP contribution is 2.58. The number of carbonyl (C=O) groups is 2. The highest BCUT2D eigenvalue weighted by Gasteiger charge is 2.56. The molecule has 9 rings (SSSR count). The van der Waals surface area contributed by atoms with Gasteiger partial charge in [0.1, 0.15) is 29.5 Å². The van der Waals surface area contributed by atoms with Gasteiger partial charge in [-0.25, -0.2) is 22.9 Å². The molecule has 63 heavy (non-hydrogen) atoms. The van der Waals surface area contributed by atoms with Gasteiger partial charge >= 0.3 is 6.03 Å². The van der Waals surface area contributed by atoms with E-state index in [2.05, 4.69) is 31.0 Å². The van der Waals surface area contributed by atoms with Crippen molar-refractivity contribution in [2.75, 3.05) is 74.5 Å². The molecule has 0 atom stereocenters. The Morgan fingerprint density at radius 3 is 2.56 bits per heavy atom. The van der Waals surface area contributed by atoms with E-state index >= 15 is 8.78 Å². The van der Waals surface area contributed by atoms with E-state index in [4.69, 9.17) is 14.7 Å². The molecule has 4 aliphatic rings. The minimum absolute atomic E-state index is 0.0245. The Labute approximate surface area is 368 Å². The van der Waals surface area contributed by atoms with E-state index in [1.807, 2.05) is 12.3 Å². The van der Waals surface area contributed by atoms with Crippen LogP contribution in [-0.4, -0.2) is 112 Å². The molecule has 0 radical (unpaired) electrons. The fourth-order valence-corrected chi connectivity index (χ4v) is 10.8.